The molecule has 0 spiro atoms. The summed E-state index contributed by atoms with van der Waals surface area (Å²) in [6.07, 6.45) is 2.38. The summed E-state index contributed by atoms with van der Waals surface area (Å²) >= 11 is 0. The molecule has 0 bridgehead atoms. The first kappa shape index (κ1) is 18.7. The second-order valence-electron chi connectivity index (χ2n) is 6.53. The number of methoxy groups -OCH3 is 2. The summed E-state index contributed by atoms with van der Waals surface area (Å²) in [5.74, 6) is 0.971. The number of nitrogens with zero attached hydrogens (tertiary/aromatic N) is 1. The van der Waals surface area contributed by atoms with Gasteiger partial charge in [0.05, 0.1) is 26.2 Å². The zero-order valence-electron chi connectivity index (χ0n) is 15.2. The van der Waals surface area contributed by atoms with Gasteiger partial charge >= 0.3 is 5.97 Å². The van der Waals surface area contributed by atoms with Crippen molar-refractivity contribution >= 4 is 5.97 Å². The molecule has 0 N–H and O–H groups in total. The molecule has 134 valence electrons. The fourth-order valence-electron chi connectivity index (χ4n) is 3.34. The molecule has 1 aromatic carbocycles. The lowest BCUT2D eigenvalue weighted by Gasteiger charge is -2.39. The molecular formula is C19H29NO4. The van der Waals surface area contributed by atoms with Crippen LogP contribution in [0.15, 0.2) is 24.3 Å². The first-order valence-corrected chi connectivity index (χ1v) is 8.57. The smallest absolute Gasteiger partial charge is 0.308 e. The largest absolute Gasteiger partial charge is 0.497 e. The minimum absolute atomic E-state index is 0.107. The molecule has 0 aromatic heterocycles. The number of hydrogen-bond acceptors (Lipinski definition) is 5. The van der Waals surface area contributed by atoms with Crippen LogP contribution in [0.4, 0.5) is 0 Å². The van der Waals surface area contributed by atoms with Gasteiger partial charge < -0.3 is 14.2 Å². The van der Waals surface area contributed by atoms with E-state index < -0.39 is 0 Å². The van der Waals surface area contributed by atoms with Gasteiger partial charge in [-0.25, -0.2) is 0 Å². The van der Waals surface area contributed by atoms with Gasteiger partial charge in [-0.1, -0.05) is 12.1 Å². The number of rotatable bonds is 7. The monoisotopic (exact) mass is 335 g/mol. The van der Waals surface area contributed by atoms with Crippen LogP contribution in [-0.4, -0.2) is 51.4 Å². The van der Waals surface area contributed by atoms with E-state index in [0.717, 1.165) is 25.1 Å². The molecule has 1 aromatic rings. The molecule has 24 heavy (non-hydrogen) atoms. The lowest BCUT2D eigenvalue weighted by molar-refractivity contribution is -0.148. The fraction of sp³-hybridized carbons (Fsp3) is 0.632. The minimum Gasteiger partial charge on any atom is -0.497 e. The number of benzene rings is 1. The third kappa shape index (κ3) is 4.95. The number of likely N-dealkylation sites (tertiary alicyclic amines) is 1. The summed E-state index contributed by atoms with van der Waals surface area (Å²) in [6, 6.07) is 8.44. The Morgan fingerprint density at radius 2 is 2.00 bits per heavy atom. The maximum absolute atomic E-state index is 11.9. The van der Waals surface area contributed by atoms with Gasteiger partial charge in [0.25, 0.3) is 0 Å². The fourth-order valence-corrected chi connectivity index (χ4v) is 3.34. The van der Waals surface area contributed by atoms with Crippen LogP contribution in [0.25, 0.3) is 0 Å². The molecule has 1 heterocycles. The van der Waals surface area contributed by atoms with Gasteiger partial charge in [0.1, 0.15) is 5.75 Å². The molecule has 0 saturated carbocycles. The van der Waals surface area contributed by atoms with E-state index in [0.29, 0.717) is 18.9 Å². The van der Waals surface area contributed by atoms with Crippen LogP contribution in [0.5, 0.6) is 5.75 Å². The van der Waals surface area contributed by atoms with E-state index in [9.17, 15) is 4.79 Å². The molecule has 0 radical (unpaired) electrons. The first-order chi connectivity index (χ1) is 11.5. The molecule has 5 heteroatoms. The highest BCUT2D eigenvalue weighted by molar-refractivity contribution is 5.69. The van der Waals surface area contributed by atoms with Crippen molar-refractivity contribution in [2.45, 2.75) is 38.3 Å². The molecule has 2 rings (SSSR count). The van der Waals surface area contributed by atoms with Crippen LogP contribution < -0.4 is 4.74 Å². The molecular weight excluding hydrogens is 306 g/mol. The van der Waals surface area contributed by atoms with E-state index >= 15 is 0 Å². The van der Waals surface area contributed by atoms with E-state index in [-0.39, 0.29) is 18.1 Å². The Labute approximate surface area is 144 Å². The highest BCUT2D eigenvalue weighted by Crippen LogP contribution is 2.35. The molecule has 0 amide bonds. The molecule has 1 aliphatic heterocycles. The number of esters is 1. The van der Waals surface area contributed by atoms with Crippen LogP contribution in [0.1, 0.15) is 37.8 Å². The third-order valence-electron chi connectivity index (χ3n) is 4.78. The van der Waals surface area contributed by atoms with Crippen molar-refractivity contribution in [3.8, 4) is 5.75 Å². The Kier molecular flexibility index (Phi) is 7.06. The van der Waals surface area contributed by atoms with Crippen molar-refractivity contribution in [3.05, 3.63) is 29.8 Å². The van der Waals surface area contributed by atoms with E-state index in [2.05, 4.69) is 24.1 Å². The molecule has 0 unspecified atom stereocenters. The third-order valence-corrected chi connectivity index (χ3v) is 4.78. The average Bonchev–Trinajstić information content (AvgIpc) is 2.60. The highest BCUT2D eigenvalue weighted by atomic mass is 16.5. The van der Waals surface area contributed by atoms with Crippen molar-refractivity contribution in [1.29, 1.82) is 0 Å². The Morgan fingerprint density at radius 3 is 2.62 bits per heavy atom. The lowest BCUT2D eigenvalue weighted by Crippen LogP contribution is -2.38. The van der Waals surface area contributed by atoms with E-state index in [1.807, 2.05) is 19.1 Å². The summed E-state index contributed by atoms with van der Waals surface area (Å²) < 4.78 is 15.9. The second-order valence-corrected chi connectivity index (χ2v) is 6.53. The van der Waals surface area contributed by atoms with Crippen LogP contribution in [0.3, 0.4) is 0 Å². The predicted octanol–water partition coefficient (Wildman–Crippen LogP) is 3.05. The van der Waals surface area contributed by atoms with E-state index in [1.165, 1.54) is 5.56 Å². The number of hydrogen-bond donors (Lipinski definition) is 0. The Morgan fingerprint density at radius 1 is 1.29 bits per heavy atom. The summed E-state index contributed by atoms with van der Waals surface area (Å²) in [4.78, 5) is 14.3. The molecule has 3 atom stereocenters. The lowest BCUT2D eigenvalue weighted by atomic mass is 9.85. The normalized spacial score (nSPS) is 22.8. The molecule has 5 nitrogen and oxygen atoms in total. The highest BCUT2D eigenvalue weighted by Gasteiger charge is 2.31. The zero-order chi connectivity index (χ0) is 17.5. The van der Waals surface area contributed by atoms with Crippen LogP contribution >= 0.6 is 0 Å². The Balaban J connectivity index is 2.01. The Hall–Kier alpha value is -1.59. The summed E-state index contributed by atoms with van der Waals surface area (Å²) in [5, 5.41) is 0. The summed E-state index contributed by atoms with van der Waals surface area (Å²) in [6.45, 7) is 3.38. The number of ether oxygens (including phenoxy) is 3. The first-order valence-electron chi connectivity index (χ1n) is 8.57. The van der Waals surface area contributed by atoms with Crippen molar-refractivity contribution < 1.29 is 19.0 Å². The van der Waals surface area contributed by atoms with E-state index in [4.69, 9.17) is 14.2 Å². The minimum atomic E-state index is -0.189. The second kappa shape index (κ2) is 9.04. The van der Waals surface area contributed by atoms with Crippen LogP contribution in [-0.2, 0) is 14.3 Å². The maximum atomic E-state index is 11.9. The number of piperidine rings is 1. The van der Waals surface area contributed by atoms with Crippen molar-refractivity contribution in [3.63, 3.8) is 0 Å². The van der Waals surface area contributed by atoms with Gasteiger partial charge in [0.2, 0.25) is 0 Å². The van der Waals surface area contributed by atoms with Crippen LogP contribution in [0, 0.1) is 5.92 Å². The van der Waals surface area contributed by atoms with Crippen molar-refractivity contribution in [2.24, 2.45) is 5.92 Å². The Bertz CT molecular complexity index is 517. The zero-order valence-corrected chi connectivity index (χ0v) is 15.2. The van der Waals surface area contributed by atoms with Gasteiger partial charge in [0, 0.05) is 19.1 Å². The van der Waals surface area contributed by atoms with Crippen molar-refractivity contribution in [1.82, 2.24) is 4.90 Å². The number of carbonyl (C=O) groups is 1. The number of carbonyl (C=O) groups excluding carboxylic acids is 1. The standard InChI is InChI=1S/C19H29NO4/c1-14(22-3)12-18(21)24-13-16-6-5-11-20(2)19(16)15-7-9-17(23-4)10-8-15/h7-10,14,16,19H,5-6,11-13H2,1-4H3/t14-,16-,19-/m1/s1. The van der Waals surface area contributed by atoms with E-state index in [1.54, 1.807) is 14.2 Å². The molecule has 0 aliphatic carbocycles. The molecule has 1 fully saturated rings. The molecule has 1 aliphatic rings. The topological polar surface area (TPSA) is 48.0 Å². The van der Waals surface area contributed by atoms with Gasteiger partial charge in [-0.2, -0.15) is 0 Å². The molecule has 1 saturated heterocycles. The van der Waals surface area contributed by atoms with Gasteiger partial charge in [-0.05, 0) is 51.1 Å². The predicted molar refractivity (Wildman–Crippen MR) is 93.1 cm³/mol. The van der Waals surface area contributed by atoms with Gasteiger partial charge in [-0.3, -0.25) is 9.69 Å². The SMILES string of the molecule is COc1ccc([C@@H]2[C@@H](COC(=O)C[C@@H](C)OC)CCCN2C)cc1. The average molecular weight is 335 g/mol. The van der Waals surface area contributed by atoms with Gasteiger partial charge in [0.15, 0.2) is 0 Å². The van der Waals surface area contributed by atoms with Gasteiger partial charge in [-0.15, -0.1) is 0 Å². The summed E-state index contributed by atoms with van der Waals surface area (Å²) in [7, 11) is 5.41. The van der Waals surface area contributed by atoms with Crippen LogP contribution in [0.2, 0.25) is 0 Å². The summed E-state index contributed by atoms with van der Waals surface area (Å²) in [5.41, 5.74) is 1.24. The quantitative estimate of drug-likeness (QED) is 0.717. The van der Waals surface area contributed by atoms with Crippen molar-refractivity contribution in [2.75, 3.05) is 34.4 Å². The maximum Gasteiger partial charge on any atom is 0.308 e.